The van der Waals surface area contributed by atoms with Crippen molar-refractivity contribution in [2.24, 2.45) is 0 Å². The summed E-state index contributed by atoms with van der Waals surface area (Å²) in [6, 6.07) is 8.91. The van der Waals surface area contributed by atoms with Crippen LogP contribution in [0.2, 0.25) is 0 Å². The number of hydrogen-bond acceptors (Lipinski definition) is 7. The van der Waals surface area contributed by atoms with E-state index in [1.54, 1.807) is 57.8 Å². The van der Waals surface area contributed by atoms with Crippen molar-refractivity contribution in [2.75, 3.05) is 14.2 Å². The van der Waals surface area contributed by atoms with Crippen LogP contribution in [0.5, 0.6) is 11.5 Å². The Bertz CT molecular complexity index is 1440. The number of methoxy groups -OCH3 is 2. The minimum Gasteiger partial charge on any atom is -0.493 e. The molecule has 0 atom stereocenters. The molecule has 0 fully saturated rings. The fourth-order valence-corrected chi connectivity index (χ4v) is 4.45. The number of ether oxygens (including phenoxy) is 2. The van der Waals surface area contributed by atoms with Crippen molar-refractivity contribution in [3.05, 3.63) is 91.3 Å². The number of rotatable bonds is 7. The van der Waals surface area contributed by atoms with Crippen LogP contribution in [0.3, 0.4) is 0 Å². The number of thiazole rings is 1. The molecule has 170 valence electrons. The summed E-state index contributed by atoms with van der Waals surface area (Å²) in [5.74, 6) is 0.818. The molecule has 10 heteroatoms. The molecule has 1 N–H and O–H groups in total. The second-order valence-electron chi connectivity index (χ2n) is 7.30. The number of carbonyl (C=O) groups is 1. The van der Waals surface area contributed by atoms with Crippen LogP contribution < -0.4 is 26.0 Å². The van der Waals surface area contributed by atoms with Crippen LogP contribution in [-0.4, -0.2) is 34.1 Å². The Balaban J connectivity index is 1.61. The van der Waals surface area contributed by atoms with Crippen LogP contribution in [0, 0.1) is 6.92 Å². The summed E-state index contributed by atoms with van der Waals surface area (Å²) in [4.78, 5) is 43.4. The zero-order chi connectivity index (χ0) is 23.5. The lowest BCUT2D eigenvalue weighted by Crippen LogP contribution is -2.38. The first-order valence-electron chi connectivity index (χ1n) is 10.1. The Kier molecular flexibility index (Phi) is 6.27. The highest BCUT2D eigenvalue weighted by molar-refractivity contribution is 7.19. The molecule has 33 heavy (non-hydrogen) atoms. The molecule has 0 aliphatic heterocycles. The number of amides is 1. The number of hydrogen-bond donors (Lipinski definition) is 1. The molecule has 0 spiro atoms. The number of benzene rings is 1. The van der Waals surface area contributed by atoms with Gasteiger partial charge in [0.15, 0.2) is 11.5 Å². The van der Waals surface area contributed by atoms with E-state index < -0.39 is 5.69 Å². The first-order chi connectivity index (χ1) is 15.9. The maximum Gasteiger partial charge on any atom is 0.336 e. The van der Waals surface area contributed by atoms with Crippen molar-refractivity contribution in [1.29, 1.82) is 0 Å². The minimum atomic E-state index is -0.500. The Morgan fingerprint density at radius 3 is 2.61 bits per heavy atom. The smallest absolute Gasteiger partial charge is 0.336 e. The molecular formula is C23H22N4O5S. The first-order valence-corrected chi connectivity index (χ1v) is 10.9. The van der Waals surface area contributed by atoms with Gasteiger partial charge in [-0.3, -0.25) is 23.5 Å². The van der Waals surface area contributed by atoms with Crippen molar-refractivity contribution >= 4 is 22.1 Å². The predicted octanol–water partition coefficient (Wildman–Crippen LogP) is 2.22. The summed E-state index contributed by atoms with van der Waals surface area (Å²) < 4.78 is 13.0. The van der Waals surface area contributed by atoms with Gasteiger partial charge in [-0.25, -0.2) is 4.79 Å². The summed E-state index contributed by atoms with van der Waals surface area (Å²) in [6.45, 7) is 2.01. The summed E-state index contributed by atoms with van der Waals surface area (Å²) >= 11 is 1.10. The van der Waals surface area contributed by atoms with Gasteiger partial charge in [-0.15, -0.1) is 11.3 Å². The van der Waals surface area contributed by atoms with Gasteiger partial charge in [0.1, 0.15) is 9.71 Å². The van der Waals surface area contributed by atoms with E-state index >= 15 is 0 Å². The second kappa shape index (κ2) is 9.29. The number of aromatic nitrogens is 3. The predicted molar refractivity (Wildman–Crippen MR) is 125 cm³/mol. The highest BCUT2D eigenvalue weighted by Gasteiger charge is 2.18. The van der Waals surface area contributed by atoms with Crippen LogP contribution in [0.15, 0.2) is 58.5 Å². The average molecular weight is 467 g/mol. The molecule has 0 unspecified atom stereocenters. The molecule has 0 bridgehead atoms. The van der Waals surface area contributed by atoms with Gasteiger partial charge in [0.2, 0.25) is 0 Å². The van der Waals surface area contributed by atoms with E-state index in [1.807, 2.05) is 6.07 Å². The van der Waals surface area contributed by atoms with E-state index in [2.05, 4.69) is 10.3 Å². The maximum absolute atomic E-state index is 13.0. The monoisotopic (exact) mass is 466 g/mol. The molecule has 0 saturated heterocycles. The van der Waals surface area contributed by atoms with Crippen molar-refractivity contribution in [3.63, 3.8) is 0 Å². The summed E-state index contributed by atoms with van der Waals surface area (Å²) in [5, 5.41) is 2.84. The van der Waals surface area contributed by atoms with E-state index in [1.165, 1.54) is 10.6 Å². The number of aryl methyl sites for hydroxylation is 1. The Labute approximate surface area is 192 Å². The molecule has 3 aromatic heterocycles. The van der Waals surface area contributed by atoms with E-state index in [-0.39, 0.29) is 24.6 Å². The normalized spacial score (nSPS) is 10.9. The number of nitrogens with one attached hydrogen (secondary N) is 1. The Morgan fingerprint density at radius 2 is 1.91 bits per heavy atom. The van der Waals surface area contributed by atoms with E-state index in [9.17, 15) is 14.4 Å². The number of nitrogens with zero attached hydrogens (tertiary/aromatic N) is 3. The van der Waals surface area contributed by atoms with Crippen molar-refractivity contribution in [1.82, 2.24) is 19.3 Å². The summed E-state index contributed by atoms with van der Waals surface area (Å²) in [5.41, 5.74) is 1.08. The fraction of sp³-hybridized carbons (Fsp3) is 0.217. The molecule has 4 aromatic rings. The van der Waals surface area contributed by atoms with Gasteiger partial charge in [0.05, 0.1) is 20.8 Å². The molecule has 0 aliphatic carbocycles. The van der Waals surface area contributed by atoms with Crippen LogP contribution in [0.4, 0.5) is 0 Å². The van der Waals surface area contributed by atoms with E-state index in [4.69, 9.17) is 9.47 Å². The zero-order valence-electron chi connectivity index (χ0n) is 18.3. The Morgan fingerprint density at radius 1 is 1.12 bits per heavy atom. The fourth-order valence-electron chi connectivity index (χ4n) is 3.44. The molecule has 3 heterocycles. The minimum absolute atomic E-state index is 0.103. The van der Waals surface area contributed by atoms with Crippen molar-refractivity contribution in [2.45, 2.75) is 20.0 Å². The van der Waals surface area contributed by atoms with Gasteiger partial charge in [0.25, 0.3) is 11.5 Å². The van der Waals surface area contributed by atoms with Gasteiger partial charge in [-0.2, -0.15) is 0 Å². The molecule has 4 rings (SSSR count). The third-order valence-electron chi connectivity index (χ3n) is 5.18. The SMILES string of the molecule is COc1ccc(CNC(=O)c2cn3c(=O)n(Cc4cccnc4)c(=O)c(C)c3s2)cc1OC. The summed E-state index contributed by atoms with van der Waals surface area (Å²) in [6.07, 6.45) is 4.70. The number of pyridine rings is 1. The molecule has 0 aliphatic rings. The maximum atomic E-state index is 13.0. The van der Waals surface area contributed by atoms with Crippen molar-refractivity contribution < 1.29 is 14.3 Å². The van der Waals surface area contributed by atoms with Gasteiger partial charge in [-0.05, 0) is 36.2 Å². The van der Waals surface area contributed by atoms with E-state index in [0.717, 1.165) is 27.0 Å². The Hall–Kier alpha value is -3.92. The van der Waals surface area contributed by atoms with E-state index in [0.29, 0.717) is 26.8 Å². The van der Waals surface area contributed by atoms with Crippen molar-refractivity contribution in [3.8, 4) is 11.5 Å². The standard InChI is InChI=1S/C23H22N4O5S/c1-14-21(29)26(12-16-5-4-8-24-10-16)23(30)27-13-19(33-22(14)27)20(28)25-11-15-6-7-17(31-2)18(9-15)32-3/h4-10,13H,11-12H2,1-3H3,(H,25,28). The molecule has 9 nitrogen and oxygen atoms in total. The molecule has 0 saturated carbocycles. The van der Waals surface area contributed by atoms with Gasteiger partial charge in [0, 0.05) is 30.7 Å². The average Bonchev–Trinajstić information content (AvgIpc) is 3.30. The van der Waals surface area contributed by atoms with Crippen LogP contribution in [0.1, 0.15) is 26.4 Å². The lowest BCUT2D eigenvalue weighted by atomic mass is 10.2. The zero-order valence-corrected chi connectivity index (χ0v) is 19.1. The third-order valence-corrected chi connectivity index (χ3v) is 6.39. The van der Waals surface area contributed by atoms with Gasteiger partial charge in [-0.1, -0.05) is 12.1 Å². The highest BCUT2D eigenvalue weighted by Crippen LogP contribution is 2.27. The van der Waals surface area contributed by atoms with Crippen LogP contribution >= 0.6 is 11.3 Å². The number of carbonyl (C=O) groups excluding carboxylic acids is 1. The quantitative estimate of drug-likeness (QED) is 0.448. The van der Waals surface area contributed by atoms with Gasteiger partial charge >= 0.3 is 5.69 Å². The highest BCUT2D eigenvalue weighted by atomic mass is 32.1. The third kappa shape index (κ3) is 4.37. The molecular weight excluding hydrogens is 444 g/mol. The lowest BCUT2D eigenvalue weighted by molar-refractivity contribution is 0.0954. The topological polar surface area (TPSA) is 104 Å². The molecule has 1 amide bonds. The molecule has 0 radical (unpaired) electrons. The first kappa shape index (κ1) is 22.3. The second-order valence-corrected chi connectivity index (χ2v) is 8.33. The van der Waals surface area contributed by atoms with Gasteiger partial charge < -0.3 is 14.8 Å². The van der Waals surface area contributed by atoms with Crippen LogP contribution in [-0.2, 0) is 13.1 Å². The number of fused-ring (bicyclic) bond motifs is 1. The largest absolute Gasteiger partial charge is 0.493 e. The summed E-state index contributed by atoms with van der Waals surface area (Å²) in [7, 11) is 3.10. The van der Waals surface area contributed by atoms with Crippen LogP contribution in [0.25, 0.3) is 4.83 Å². The lowest BCUT2D eigenvalue weighted by Gasteiger charge is -2.10. The molecule has 1 aromatic carbocycles.